The summed E-state index contributed by atoms with van der Waals surface area (Å²) in [6, 6.07) is 9.84. The first kappa shape index (κ1) is 15.3. The van der Waals surface area contributed by atoms with Gasteiger partial charge in [-0.25, -0.2) is 0 Å². The molecule has 116 valence electrons. The average molecular weight is 318 g/mol. The zero-order valence-electron chi connectivity index (χ0n) is 12.4. The fourth-order valence-corrected chi connectivity index (χ4v) is 3.62. The van der Waals surface area contributed by atoms with Crippen molar-refractivity contribution in [1.29, 1.82) is 0 Å². The van der Waals surface area contributed by atoms with E-state index in [1.54, 1.807) is 0 Å². The number of piperazine rings is 1. The summed E-state index contributed by atoms with van der Waals surface area (Å²) in [6.45, 7) is 4.75. The van der Waals surface area contributed by atoms with E-state index in [2.05, 4.69) is 9.89 Å². The average Bonchev–Trinajstić information content (AvgIpc) is 2.90. The number of amides is 1. The van der Waals surface area contributed by atoms with E-state index in [4.69, 9.17) is 5.11 Å². The molecular formula is C16H20N3O2S+. The third-order valence-electron chi connectivity index (χ3n) is 3.91. The van der Waals surface area contributed by atoms with Crippen LogP contribution in [0.1, 0.15) is 5.56 Å². The lowest BCUT2D eigenvalue weighted by Gasteiger charge is -2.32. The van der Waals surface area contributed by atoms with Crippen molar-refractivity contribution in [3.63, 3.8) is 0 Å². The molecule has 6 heteroatoms. The number of hydrogen-bond acceptors (Lipinski definition) is 4. The fourth-order valence-electron chi connectivity index (χ4n) is 2.66. The third kappa shape index (κ3) is 3.58. The Kier molecular flexibility index (Phi) is 4.92. The van der Waals surface area contributed by atoms with Crippen LogP contribution in [0.2, 0.25) is 0 Å². The zero-order chi connectivity index (χ0) is 15.4. The Labute approximate surface area is 134 Å². The van der Waals surface area contributed by atoms with Crippen molar-refractivity contribution in [3.8, 4) is 0 Å². The number of quaternary nitrogens is 1. The van der Waals surface area contributed by atoms with Gasteiger partial charge in [-0.1, -0.05) is 30.3 Å². The molecule has 1 amide bonds. The van der Waals surface area contributed by atoms with Crippen molar-refractivity contribution in [3.05, 3.63) is 40.8 Å². The maximum Gasteiger partial charge on any atom is 0.286 e. The molecule has 2 aliphatic heterocycles. The van der Waals surface area contributed by atoms with Crippen LogP contribution in [0, 0.1) is 0 Å². The van der Waals surface area contributed by atoms with Gasteiger partial charge in [0, 0.05) is 0 Å². The maximum absolute atomic E-state index is 12.1. The first-order valence-corrected chi connectivity index (χ1v) is 8.35. The summed E-state index contributed by atoms with van der Waals surface area (Å²) in [5, 5.41) is 9.81. The smallest absolute Gasteiger partial charge is 0.286 e. The van der Waals surface area contributed by atoms with E-state index in [-0.39, 0.29) is 12.5 Å². The molecule has 0 aromatic heterocycles. The zero-order valence-corrected chi connectivity index (χ0v) is 13.2. The van der Waals surface area contributed by atoms with Gasteiger partial charge < -0.3 is 14.9 Å². The lowest BCUT2D eigenvalue weighted by atomic mass is 10.2. The molecule has 0 radical (unpaired) electrons. The van der Waals surface area contributed by atoms with Crippen molar-refractivity contribution < 1.29 is 14.8 Å². The predicted octanol–water partition coefficient (Wildman–Crippen LogP) is -0.150. The number of thioether (sulfide) groups is 1. The molecule has 1 aromatic carbocycles. The molecule has 0 spiro atoms. The molecule has 1 aromatic rings. The Morgan fingerprint density at radius 3 is 2.68 bits per heavy atom. The molecule has 0 unspecified atom stereocenters. The molecule has 2 aliphatic rings. The number of nitrogens with one attached hydrogen (secondary N) is 1. The molecule has 5 nitrogen and oxygen atoms in total. The topological polar surface area (TPSA) is 57.3 Å². The minimum Gasteiger partial charge on any atom is -0.391 e. The minimum atomic E-state index is -0.144. The molecule has 0 bridgehead atoms. The number of carbonyl (C=O) groups is 1. The van der Waals surface area contributed by atoms with E-state index in [1.165, 1.54) is 16.7 Å². The number of nitrogens with zero attached hydrogens (tertiary/aromatic N) is 2. The highest BCUT2D eigenvalue weighted by molar-refractivity contribution is 8.18. The van der Waals surface area contributed by atoms with Crippen LogP contribution in [0.3, 0.4) is 0 Å². The van der Waals surface area contributed by atoms with Crippen LogP contribution in [-0.4, -0.2) is 60.4 Å². The SMILES string of the molecule is O=C1N=C(N2CC[NH+](CCO)CC2)S/C1=C\c1ccccc1. The van der Waals surface area contributed by atoms with Gasteiger partial charge in [-0.05, 0) is 23.4 Å². The molecule has 1 fully saturated rings. The molecule has 2 N–H and O–H groups in total. The van der Waals surface area contributed by atoms with Crippen LogP contribution < -0.4 is 4.90 Å². The van der Waals surface area contributed by atoms with Crippen LogP contribution in [0.5, 0.6) is 0 Å². The van der Waals surface area contributed by atoms with Gasteiger partial charge in [0.25, 0.3) is 5.91 Å². The van der Waals surface area contributed by atoms with Crippen molar-refractivity contribution >= 4 is 28.9 Å². The number of aliphatic hydroxyl groups is 1. The second-order valence-electron chi connectivity index (χ2n) is 5.43. The molecule has 2 heterocycles. The van der Waals surface area contributed by atoms with E-state index in [1.807, 2.05) is 36.4 Å². The Morgan fingerprint density at radius 1 is 1.27 bits per heavy atom. The first-order valence-electron chi connectivity index (χ1n) is 7.53. The van der Waals surface area contributed by atoms with Crippen molar-refractivity contribution in [2.24, 2.45) is 4.99 Å². The number of carbonyl (C=O) groups excluding carboxylic acids is 1. The van der Waals surface area contributed by atoms with E-state index >= 15 is 0 Å². The molecule has 1 saturated heterocycles. The lowest BCUT2D eigenvalue weighted by Crippen LogP contribution is -3.15. The van der Waals surface area contributed by atoms with Gasteiger partial charge in [0.1, 0.15) is 6.54 Å². The quantitative estimate of drug-likeness (QED) is 0.761. The summed E-state index contributed by atoms with van der Waals surface area (Å²) in [6.07, 6.45) is 1.90. The summed E-state index contributed by atoms with van der Waals surface area (Å²) in [5.74, 6) is -0.144. The number of rotatable bonds is 3. The van der Waals surface area contributed by atoms with E-state index < -0.39 is 0 Å². The predicted molar refractivity (Wildman–Crippen MR) is 88.7 cm³/mol. The number of hydrogen-bond donors (Lipinski definition) is 2. The summed E-state index contributed by atoms with van der Waals surface area (Å²) >= 11 is 1.46. The summed E-state index contributed by atoms with van der Waals surface area (Å²) < 4.78 is 0. The van der Waals surface area contributed by atoms with Crippen LogP contribution in [-0.2, 0) is 4.79 Å². The van der Waals surface area contributed by atoms with Gasteiger partial charge >= 0.3 is 0 Å². The largest absolute Gasteiger partial charge is 0.391 e. The molecule has 0 saturated carbocycles. The first-order chi connectivity index (χ1) is 10.8. The number of benzene rings is 1. The second-order valence-corrected chi connectivity index (χ2v) is 6.44. The van der Waals surface area contributed by atoms with Crippen molar-refractivity contribution in [2.75, 3.05) is 39.3 Å². The highest BCUT2D eigenvalue weighted by atomic mass is 32.2. The standard InChI is InChI=1S/C16H19N3O2S/c20-11-10-18-6-8-19(9-7-18)16-17-15(21)14(22-16)12-13-4-2-1-3-5-13/h1-5,12,20H,6-11H2/p+1/b14-12-. The van der Waals surface area contributed by atoms with E-state index in [0.717, 1.165) is 43.5 Å². The van der Waals surface area contributed by atoms with Crippen LogP contribution in [0.25, 0.3) is 6.08 Å². The maximum atomic E-state index is 12.1. The van der Waals surface area contributed by atoms with Crippen LogP contribution >= 0.6 is 11.8 Å². The van der Waals surface area contributed by atoms with Crippen LogP contribution in [0.15, 0.2) is 40.2 Å². The van der Waals surface area contributed by atoms with Gasteiger partial charge in [0.05, 0.1) is 37.7 Å². The number of aliphatic hydroxyl groups excluding tert-OH is 1. The van der Waals surface area contributed by atoms with Gasteiger partial charge in [0.2, 0.25) is 0 Å². The lowest BCUT2D eigenvalue weighted by molar-refractivity contribution is -0.904. The monoisotopic (exact) mass is 318 g/mol. The normalized spacial score (nSPS) is 21.5. The molecule has 3 rings (SSSR count). The van der Waals surface area contributed by atoms with Crippen molar-refractivity contribution in [2.45, 2.75) is 0 Å². The number of aliphatic imine (C=N–C) groups is 1. The molecular weight excluding hydrogens is 298 g/mol. The highest BCUT2D eigenvalue weighted by Crippen LogP contribution is 2.30. The summed E-state index contributed by atoms with van der Waals surface area (Å²) in [5.41, 5.74) is 1.02. The van der Waals surface area contributed by atoms with E-state index in [9.17, 15) is 4.79 Å². The third-order valence-corrected chi connectivity index (χ3v) is 4.96. The number of amidine groups is 1. The Balaban J connectivity index is 1.62. The van der Waals surface area contributed by atoms with Gasteiger partial charge in [0.15, 0.2) is 5.17 Å². The van der Waals surface area contributed by atoms with Crippen molar-refractivity contribution in [1.82, 2.24) is 4.90 Å². The highest BCUT2D eigenvalue weighted by Gasteiger charge is 2.29. The van der Waals surface area contributed by atoms with Crippen LogP contribution in [0.4, 0.5) is 0 Å². The Morgan fingerprint density at radius 2 is 2.00 bits per heavy atom. The van der Waals surface area contributed by atoms with Gasteiger partial charge in [-0.3, -0.25) is 4.79 Å². The molecule has 22 heavy (non-hydrogen) atoms. The Hall–Kier alpha value is -1.63. The molecule has 0 aliphatic carbocycles. The fraction of sp³-hybridized carbons (Fsp3) is 0.375. The summed E-state index contributed by atoms with van der Waals surface area (Å²) in [4.78, 5) is 20.5. The van der Waals surface area contributed by atoms with Gasteiger partial charge in [-0.2, -0.15) is 4.99 Å². The summed E-state index contributed by atoms with van der Waals surface area (Å²) in [7, 11) is 0. The Bertz CT molecular complexity index is 593. The van der Waals surface area contributed by atoms with E-state index in [0.29, 0.717) is 4.91 Å². The van der Waals surface area contributed by atoms with Gasteiger partial charge in [-0.15, -0.1) is 0 Å². The molecule has 0 atom stereocenters. The minimum absolute atomic E-state index is 0.144. The second kappa shape index (κ2) is 7.09.